The van der Waals surface area contributed by atoms with Crippen molar-refractivity contribution in [1.29, 1.82) is 0 Å². The van der Waals surface area contributed by atoms with Crippen LogP contribution in [0.25, 0.3) is 0 Å². The Labute approximate surface area is 162 Å². The summed E-state index contributed by atoms with van der Waals surface area (Å²) in [6, 6.07) is 8.80. The lowest BCUT2D eigenvalue weighted by molar-refractivity contribution is -0.113. The minimum Gasteiger partial charge on any atom is -0.451 e. The number of fused-ring (bicyclic) bond motifs is 1. The Bertz CT molecular complexity index is 951. The van der Waals surface area contributed by atoms with Crippen LogP contribution in [0.5, 0.6) is 0 Å². The van der Waals surface area contributed by atoms with Gasteiger partial charge in [0.2, 0.25) is 11.7 Å². The summed E-state index contributed by atoms with van der Waals surface area (Å²) in [7, 11) is 0. The summed E-state index contributed by atoms with van der Waals surface area (Å²) in [6.45, 7) is 7.39. The van der Waals surface area contributed by atoms with Crippen molar-refractivity contribution in [2.75, 3.05) is 11.1 Å². The quantitative estimate of drug-likeness (QED) is 0.636. The zero-order valence-corrected chi connectivity index (χ0v) is 16.5. The summed E-state index contributed by atoms with van der Waals surface area (Å²) in [5.41, 5.74) is 4.45. The van der Waals surface area contributed by atoms with Gasteiger partial charge in [-0.05, 0) is 68.7 Å². The summed E-state index contributed by atoms with van der Waals surface area (Å²) >= 11 is 1.42. The SMILES string of the molecule is Cc1cc(C)c(C(=O)C(C)OC(=O)c2ccc3c(c2)NC(=O)CS3)cc1C. The minimum atomic E-state index is -0.904. The van der Waals surface area contributed by atoms with E-state index in [1.165, 1.54) is 11.8 Å². The molecule has 27 heavy (non-hydrogen) atoms. The molecule has 6 heteroatoms. The van der Waals surface area contributed by atoms with E-state index in [1.54, 1.807) is 25.1 Å². The van der Waals surface area contributed by atoms with Crippen molar-refractivity contribution < 1.29 is 19.1 Å². The number of carbonyl (C=O) groups is 3. The molecule has 1 atom stereocenters. The molecule has 5 nitrogen and oxygen atoms in total. The third-order valence-electron chi connectivity index (χ3n) is 4.61. The molecular formula is C21H21NO4S. The normalized spacial score (nSPS) is 14.1. The smallest absolute Gasteiger partial charge is 0.338 e. The number of rotatable bonds is 4. The number of nitrogens with one attached hydrogen (secondary N) is 1. The van der Waals surface area contributed by atoms with Gasteiger partial charge in [-0.15, -0.1) is 11.8 Å². The summed E-state index contributed by atoms with van der Waals surface area (Å²) in [4.78, 5) is 37.6. The monoisotopic (exact) mass is 383 g/mol. The molecule has 0 aromatic heterocycles. The van der Waals surface area contributed by atoms with Crippen molar-refractivity contribution in [3.05, 3.63) is 58.1 Å². The van der Waals surface area contributed by atoms with Gasteiger partial charge >= 0.3 is 5.97 Å². The highest BCUT2D eigenvalue weighted by Gasteiger charge is 2.23. The number of carbonyl (C=O) groups excluding carboxylic acids is 3. The number of hydrogen-bond donors (Lipinski definition) is 1. The third-order valence-corrected chi connectivity index (χ3v) is 5.68. The maximum absolute atomic E-state index is 12.7. The van der Waals surface area contributed by atoms with Crippen LogP contribution >= 0.6 is 11.8 Å². The Kier molecular flexibility index (Phi) is 5.37. The molecule has 1 heterocycles. The van der Waals surface area contributed by atoms with E-state index in [1.807, 2.05) is 32.9 Å². The van der Waals surface area contributed by atoms with Crippen molar-refractivity contribution in [1.82, 2.24) is 0 Å². The van der Waals surface area contributed by atoms with Crippen LogP contribution in [0.3, 0.4) is 0 Å². The lowest BCUT2D eigenvalue weighted by atomic mass is 9.96. The molecule has 0 radical (unpaired) electrons. The number of benzene rings is 2. The molecule has 1 aliphatic heterocycles. The summed E-state index contributed by atoms with van der Waals surface area (Å²) in [5.74, 6) is -0.569. The fourth-order valence-electron chi connectivity index (χ4n) is 2.94. The first-order chi connectivity index (χ1) is 12.8. The summed E-state index contributed by atoms with van der Waals surface area (Å²) in [6.07, 6.45) is -0.904. The number of aryl methyl sites for hydroxylation is 3. The number of Topliss-reactive ketones (excluding diaryl/α,β-unsaturated/α-hetero) is 1. The minimum absolute atomic E-state index is 0.105. The largest absolute Gasteiger partial charge is 0.451 e. The number of ether oxygens (including phenoxy) is 1. The second-order valence-corrected chi connectivity index (χ2v) is 7.73. The molecule has 2 aromatic rings. The molecule has 0 saturated carbocycles. The van der Waals surface area contributed by atoms with E-state index >= 15 is 0 Å². The first-order valence-electron chi connectivity index (χ1n) is 8.66. The van der Waals surface area contributed by atoms with Crippen molar-refractivity contribution in [3.63, 3.8) is 0 Å². The highest BCUT2D eigenvalue weighted by Crippen LogP contribution is 2.32. The second kappa shape index (κ2) is 7.56. The third kappa shape index (κ3) is 4.06. The standard InChI is InChI=1S/C21H21NO4S/c1-11-7-13(3)16(8-12(11)2)20(24)14(4)26-21(25)15-5-6-18-17(9-15)22-19(23)10-27-18/h5-9,14H,10H2,1-4H3,(H,22,23). The molecule has 0 spiro atoms. The molecule has 1 N–H and O–H groups in total. The number of anilines is 1. The van der Waals surface area contributed by atoms with Gasteiger partial charge in [0.15, 0.2) is 6.10 Å². The molecule has 1 aliphatic rings. The fraction of sp³-hybridized carbons (Fsp3) is 0.286. The van der Waals surface area contributed by atoms with Crippen LogP contribution in [-0.2, 0) is 9.53 Å². The van der Waals surface area contributed by atoms with Crippen LogP contribution in [0, 0.1) is 20.8 Å². The molecule has 0 aliphatic carbocycles. The van der Waals surface area contributed by atoms with E-state index in [2.05, 4.69) is 5.32 Å². The average molecular weight is 383 g/mol. The predicted octanol–water partition coefficient (Wildman–Crippen LogP) is 4.08. The van der Waals surface area contributed by atoms with Gasteiger partial charge in [0.1, 0.15) is 0 Å². The topological polar surface area (TPSA) is 72.5 Å². The first-order valence-corrected chi connectivity index (χ1v) is 9.64. The second-order valence-electron chi connectivity index (χ2n) is 6.71. The van der Waals surface area contributed by atoms with E-state index in [0.717, 1.165) is 21.6 Å². The predicted molar refractivity (Wildman–Crippen MR) is 106 cm³/mol. The Morgan fingerprint density at radius 2 is 1.78 bits per heavy atom. The molecule has 0 saturated heterocycles. The van der Waals surface area contributed by atoms with Crippen molar-refractivity contribution in [2.24, 2.45) is 0 Å². The van der Waals surface area contributed by atoms with Crippen LogP contribution in [0.15, 0.2) is 35.2 Å². The molecule has 1 amide bonds. The fourth-order valence-corrected chi connectivity index (χ4v) is 3.73. The van der Waals surface area contributed by atoms with Crippen LogP contribution in [0.1, 0.15) is 44.3 Å². The zero-order valence-electron chi connectivity index (χ0n) is 15.7. The molecule has 2 aromatic carbocycles. The molecule has 3 rings (SSSR count). The maximum Gasteiger partial charge on any atom is 0.338 e. The highest BCUT2D eigenvalue weighted by atomic mass is 32.2. The molecule has 0 fully saturated rings. The lowest BCUT2D eigenvalue weighted by Crippen LogP contribution is -2.25. The van der Waals surface area contributed by atoms with Gasteiger partial charge in [0.25, 0.3) is 0 Å². The lowest BCUT2D eigenvalue weighted by Gasteiger charge is -2.18. The van der Waals surface area contributed by atoms with E-state index in [9.17, 15) is 14.4 Å². The van der Waals surface area contributed by atoms with Gasteiger partial charge in [0.05, 0.1) is 17.0 Å². The Balaban J connectivity index is 1.76. The molecule has 1 unspecified atom stereocenters. The van der Waals surface area contributed by atoms with E-state index in [0.29, 0.717) is 22.6 Å². The van der Waals surface area contributed by atoms with E-state index in [4.69, 9.17) is 4.74 Å². The van der Waals surface area contributed by atoms with Gasteiger partial charge in [-0.25, -0.2) is 4.79 Å². The molecule has 140 valence electrons. The Morgan fingerprint density at radius 3 is 2.52 bits per heavy atom. The van der Waals surface area contributed by atoms with Crippen LogP contribution in [0.4, 0.5) is 5.69 Å². The summed E-state index contributed by atoms with van der Waals surface area (Å²) in [5, 5.41) is 2.74. The number of hydrogen-bond acceptors (Lipinski definition) is 5. The van der Waals surface area contributed by atoms with E-state index in [-0.39, 0.29) is 11.7 Å². The summed E-state index contributed by atoms with van der Waals surface area (Å²) < 4.78 is 5.39. The van der Waals surface area contributed by atoms with Crippen LogP contribution < -0.4 is 5.32 Å². The number of esters is 1. The Hall–Kier alpha value is -2.60. The Morgan fingerprint density at radius 1 is 1.07 bits per heavy atom. The van der Waals surface area contributed by atoms with E-state index < -0.39 is 12.1 Å². The highest BCUT2D eigenvalue weighted by molar-refractivity contribution is 8.00. The zero-order chi connectivity index (χ0) is 19.7. The number of thioether (sulfide) groups is 1. The molecular weight excluding hydrogens is 362 g/mol. The first kappa shape index (κ1) is 19.2. The van der Waals surface area contributed by atoms with Gasteiger partial charge in [-0.2, -0.15) is 0 Å². The van der Waals surface area contributed by atoms with Crippen LogP contribution in [0.2, 0.25) is 0 Å². The van der Waals surface area contributed by atoms with Crippen molar-refractivity contribution in [3.8, 4) is 0 Å². The average Bonchev–Trinajstić information content (AvgIpc) is 2.63. The van der Waals surface area contributed by atoms with Gasteiger partial charge in [-0.1, -0.05) is 6.07 Å². The van der Waals surface area contributed by atoms with Gasteiger partial charge in [0, 0.05) is 10.5 Å². The number of amides is 1. The number of ketones is 1. The van der Waals surface area contributed by atoms with Crippen molar-refractivity contribution in [2.45, 2.75) is 38.7 Å². The maximum atomic E-state index is 12.7. The molecule has 0 bridgehead atoms. The van der Waals surface area contributed by atoms with Gasteiger partial charge in [-0.3, -0.25) is 9.59 Å². The van der Waals surface area contributed by atoms with Crippen molar-refractivity contribution >= 4 is 35.1 Å². The van der Waals surface area contributed by atoms with Gasteiger partial charge < -0.3 is 10.1 Å². The van der Waals surface area contributed by atoms with Crippen LogP contribution in [-0.4, -0.2) is 29.5 Å².